The van der Waals surface area contributed by atoms with Crippen molar-refractivity contribution in [3.8, 4) is 0 Å². The number of carbonyl (C=O) groups excluding carboxylic acids is 1. The molecule has 0 radical (unpaired) electrons. The fourth-order valence-corrected chi connectivity index (χ4v) is 3.22. The fraction of sp³-hybridized carbons (Fsp3) is 0.533. The first-order valence-corrected chi connectivity index (χ1v) is 6.80. The minimum Gasteiger partial charge on any atom is -0.368 e. The quantitative estimate of drug-likeness (QED) is 0.855. The van der Waals surface area contributed by atoms with Gasteiger partial charge in [-0.2, -0.15) is 0 Å². The molecule has 2 rings (SSSR count). The second kappa shape index (κ2) is 5.53. The molecule has 3 heteroatoms. The van der Waals surface area contributed by atoms with Gasteiger partial charge in [-0.1, -0.05) is 50.1 Å². The molecule has 0 aromatic heterocycles. The summed E-state index contributed by atoms with van der Waals surface area (Å²) in [4.78, 5) is 12.0. The van der Waals surface area contributed by atoms with E-state index in [1.54, 1.807) is 0 Å². The van der Waals surface area contributed by atoms with Crippen LogP contribution in [0.1, 0.15) is 44.1 Å². The van der Waals surface area contributed by atoms with Crippen molar-refractivity contribution < 1.29 is 4.79 Å². The number of likely N-dealkylation sites (N-methyl/N-ethyl adjacent to an activating group) is 1. The third-order valence-electron chi connectivity index (χ3n) is 4.04. The summed E-state index contributed by atoms with van der Waals surface area (Å²) in [5.74, 6) is -0.0113. The molecule has 1 aromatic carbocycles. The average molecular weight is 246 g/mol. The Balaban J connectivity index is 2.37. The molecule has 1 amide bonds. The normalized spacial score (nSPS) is 27.9. The number of hydrogen-bond acceptors (Lipinski definition) is 2. The Bertz CT molecular complexity index is 400. The largest absolute Gasteiger partial charge is 0.368 e. The van der Waals surface area contributed by atoms with Crippen LogP contribution in [0.5, 0.6) is 0 Å². The summed E-state index contributed by atoms with van der Waals surface area (Å²) in [5.41, 5.74) is 6.37. The summed E-state index contributed by atoms with van der Waals surface area (Å²) >= 11 is 0. The van der Waals surface area contributed by atoms with Crippen molar-refractivity contribution in [2.45, 2.75) is 44.1 Å². The minimum absolute atomic E-state index is 0.199. The molecule has 3 nitrogen and oxygen atoms in total. The maximum Gasteiger partial charge on any atom is 0.238 e. The third-order valence-corrected chi connectivity index (χ3v) is 4.04. The lowest BCUT2D eigenvalue weighted by molar-refractivity contribution is -0.126. The number of carbonyl (C=O) groups is 1. The first kappa shape index (κ1) is 13.1. The number of primary amides is 1. The molecule has 0 bridgehead atoms. The minimum atomic E-state index is -0.561. The van der Waals surface area contributed by atoms with Crippen LogP contribution in [-0.2, 0) is 4.79 Å². The van der Waals surface area contributed by atoms with Crippen LogP contribution in [0.3, 0.4) is 0 Å². The van der Waals surface area contributed by atoms with Gasteiger partial charge in [0.15, 0.2) is 0 Å². The second-order valence-electron chi connectivity index (χ2n) is 5.07. The molecule has 1 aliphatic rings. The number of rotatable bonds is 4. The molecular formula is C15H22N2O. The molecule has 0 aliphatic heterocycles. The van der Waals surface area contributed by atoms with E-state index in [0.29, 0.717) is 0 Å². The van der Waals surface area contributed by atoms with Crippen LogP contribution in [0.15, 0.2) is 30.3 Å². The maximum atomic E-state index is 12.0. The van der Waals surface area contributed by atoms with Crippen molar-refractivity contribution in [1.29, 1.82) is 0 Å². The van der Waals surface area contributed by atoms with Gasteiger partial charge in [-0.25, -0.2) is 0 Å². The van der Waals surface area contributed by atoms with Crippen LogP contribution >= 0.6 is 0 Å². The number of amides is 1. The van der Waals surface area contributed by atoms with E-state index in [9.17, 15) is 4.79 Å². The molecule has 2 atom stereocenters. The Morgan fingerprint density at radius 2 is 2.11 bits per heavy atom. The summed E-state index contributed by atoms with van der Waals surface area (Å²) in [6.07, 6.45) is 4.11. The lowest BCUT2D eigenvalue weighted by Crippen LogP contribution is -2.60. The van der Waals surface area contributed by atoms with Crippen molar-refractivity contribution >= 4 is 5.91 Å². The van der Waals surface area contributed by atoms with Crippen LogP contribution in [0.4, 0.5) is 0 Å². The van der Waals surface area contributed by atoms with Gasteiger partial charge in [0.2, 0.25) is 5.91 Å². The van der Waals surface area contributed by atoms with Gasteiger partial charge in [0.25, 0.3) is 0 Å². The Morgan fingerprint density at radius 1 is 1.39 bits per heavy atom. The van der Waals surface area contributed by atoms with Gasteiger partial charge in [-0.05, 0) is 24.9 Å². The van der Waals surface area contributed by atoms with Crippen LogP contribution in [0.2, 0.25) is 0 Å². The molecule has 1 fully saturated rings. The third kappa shape index (κ3) is 2.27. The average Bonchev–Trinajstić information content (AvgIpc) is 2.40. The highest BCUT2D eigenvalue weighted by atomic mass is 16.1. The van der Waals surface area contributed by atoms with E-state index >= 15 is 0 Å². The van der Waals surface area contributed by atoms with Gasteiger partial charge < -0.3 is 11.1 Å². The number of hydrogen-bond donors (Lipinski definition) is 2. The summed E-state index contributed by atoms with van der Waals surface area (Å²) < 4.78 is 0. The first-order chi connectivity index (χ1) is 8.70. The van der Waals surface area contributed by atoms with Gasteiger partial charge in [0.1, 0.15) is 5.54 Å². The smallest absolute Gasteiger partial charge is 0.238 e. The molecule has 1 aliphatic carbocycles. The Kier molecular flexibility index (Phi) is 4.02. The molecule has 0 saturated heterocycles. The standard InChI is InChI=1S/C15H22N2O/c1-2-17-15(14(16)18)11-7-6-10-13(15)12-8-4-3-5-9-12/h3-5,8-9,13,17H,2,6-7,10-11H2,1H3,(H2,16,18). The molecule has 0 heterocycles. The zero-order valence-electron chi connectivity index (χ0n) is 11.0. The Labute approximate surface area is 109 Å². The van der Waals surface area contributed by atoms with Gasteiger partial charge in [0.05, 0.1) is 0 Å². The Hall–Kier alpha value is -1.35. The summed E-state index contributed by atoms with van der Waals surface area (Å²) in [6.45, 7) is 2.80. The summed E-state index contributed by atoms with van der Waals surface area (Å²) in [7, 11) is 0. The van der Waals surface area contributed by atoms with E-state index in [0.717, 1.165) is 25.8 Å². The highest BCUT2D eigenvalue weighted by molar-refractivity contribution is 5.86. The van der Waals surface area contributed by atoms with Gasteiger partial charge in [0, 0.05) is 5.92 Å². The van der Waals surface area contributed by atoms with E-state index in [-0.39, 0.29) is 11.8 Å². The molecule has 0 spiro atoms. The van der Waals surface area contributed by atoms with E-state index in [1.165, 1.54) is 12.0 Å². The lowest BCUT2D eigenvalue weighted by Gasteiger charge is -2.42. The lowest BCUT2D eigenvalue weighted by atomic mass is 9.69. The monoisotopic (exact) mass is 246 g/mol. The Morgan fingerprint density at radius 3 is 2.72 bits per heavy atom. The van der Waals surface area contributed by atoms with Gasteiger partial charge in [-0.15, -0.1) is 0 Å². The second-order valence-corrected chi connectivity index (χ2v) is 5.07. The molecule has 3 N–H and O–H groups in total. The maximum absolute atomic E-state index is 12.0. The van der Waals surface area contributed by atoms with Crippen LogP contribution < -0.4 is 11.1 Å². The summed E-state index contributed by atoms with van der Waals surface area (Å²) in [6, 6.07) is 10.3. The molecule has 18 heavy (non-hydrogen) atoms. The molecule has 1 saturated carbocycles. The highest BCUT2D eigenvalue weighted by Gasteiger charge is 2.45. The van der Waals surface area contributed by atoms with E-state index < -0.39 is 5.54 Å². The molecule has 2 unspecified atom stereocenters. The van der Waals surface area contributed by atoms with Crippen molar-refractivity contribution in [2.75, 3.05) is 6.54 Å². The van der Waals surface area contributed by atoms with Crippen LogP contribution in [0.25, 0.3) is 0 Å². The molecule has 1 aromatic rings. The molecule has 98 valence electrons. The predicted octanol–water partition coefficient (Wildman–Crippen LogP) is 2.18. The van der Waals surface area contributed by atoms with Crippen LogP contribution in [-0.4, -0.2) is 18.0 Å². The zero-order valence-corrected chi connectivity index (χ0v) is 11.0. The highest BCUT2D eigenvalue weighted by Crippen LogP contribution is 2.40. The number of nitrogens with two attached hydrogens (primary N) is 1. The number of benzene rings is 1. The molecular weight excluding hydrogens is 224 g/mol. The van der Waals surface area contributed by atoms with Gasteiger partial charge in [-0.3, -0.25) is 4.79 Å². The predicted molar refractivity (Wildman–Crippen MR) is 73.3 cm³/mol. The van der Waals surface area contributed by atoms with E-state index in [2.05, 4.69) is 17.4 Å². The van der Waals surface area contributed by atoms with E-state index in [1.807, 2.05) is 25.1 Å². The summed E-state index contributed by atoms with van der Waals surface area (Å²) in [5, 5.41) is 3.37. The van der Waals surface area contributed by atoms with Crippen molar-refractivity contribution in [1.82, 2.24) is 5.32 Å². The topological polar surface area (TPSA) is 55.1 Å². The van der Waals surface area contributed by atoms with Crippen molar-refractivity contribution in [3.63, 3.8) is 0 Å². The fourth-order valence-electron chi connectivity index (χ4n) is 3.22. The van der Waals surface area contributed by atoms with Crippen molar-refractivity contribution in [3.05, 3.63) is 35.9 Å². The zero-order chi connectivity index (χ0) is 13.0. The first-order valence-electron chi connectivity index (χ1n) is 6.80. The SMILES string of the molecule is CCNC1(C(N)=O)CCCCC1c1ccccc1. The van der Waals surface area contributed by atoms with Gasteiger partial charge >= 0.3 is 0 Å². The van der Waals surface area contributed by atoms with Crippen molar-refractivity contribution in [2.24, 2.45) is 5.73 Å². The van der Waals surface area contributed by atoms with Crippen LogP contribution in [0, 0.1) is 0 Å². The van der Waals surface area contributed by atoms with E-state index in [4.69, 9.17) is 5.73 Å². The number of nitrogens with one attached hydrogen (secondary N) is 1.